The summed E-state index contributed by atoms with van der Waals surface area (Å²) in [6, 6.07) is 9.19. The predicted octanol–water partition coefficient (Wildman–Crippen LogP) is 4.05. The Labute approximate surface area is 159 Å². The van der Waals surface area contributed by atoms with E-state index in [2.05, 4.69) is 10.2 Å². The number of nitrogens with one attached hydrogen (secondary N) is 1. The first-order valence-electron chi connectivity index (χ1n) is 8.90. The number of benzene rings is 2. The summed E-state index contributed by atoms with van der Waals surface area (Å²) in [4.78, 5) is 14.6. The number of anilines is 1. The highest BCUT2D eigenvalue weighted by molar-refractivity contribution is 6.04. The van der Waals surface area contributed by atoms with Crippen molar-refractivity contribution in [2.75, 3.05) is 18.4 Å². The Balaban J connectivity index is 1.76. The summed E-state index contributed by atoms with van der Waals surface area (Å²) >= 11 is 0. The van der Waals surface area contributed by atoms with Crippen molar-refractivity contribution in [1.82, 2.24) is 4.90 Å². The summed E-state index contributed by atoms with van der Waals surface area (Å²) < 4.78 is 52.1. The fourth-order valence-corrected chi connectivity index (χ4v) is 3.18. The Morgan fingerprint density at radius 3 is 2.50 bits per heavy atom. The Kier molecular flexibility index (Phi) is 6.00. The fourth-order valence-electron chi connectivity index (χ4n) is 3.18. The minimum absolute atomic E-state index is 0.273. The minimum Gasteiger partial charge on any atom is -0.393 e. The zero-order valence-corrected chi connectivity index (χ0v) is 15.0. The number of amides is 1. The molecule has 1 fully saturated rings. The van der Waals surface area contributed by atoms with Crippen LogP contribution in [0.25, 0.3) is 0 Å². The normalized spacial score (nSPS) is 16.2. The van der Waals surface area contributed by atoms with Gasteiger partial charge in [-0.05, 0) is 42.7 Å². The van der Waals surface area contributed by atoms with Gasteiger partial charge >= 0.3 is 6.18 Å². The molecular formula is C20H20F4N2O2. The maximum absolute atomic E-state index is 13.4. The largest absolute Gasteiger partial charge is 0.419 e. The van der Waals surface area contributed by atoms with Gasteiger partial charge in [-0.1, -0.05) is 18.2 Å². The number of likely N-dealkylation sites (tertiary alicyclic amines) is 1. The van der Waals surface area contributed by atoms with E-state index in [1.54, 1.807) is 12.1 Å². The van der Waals surface area contributed by atoms with E-state index in [0.717, 1.165) is 24.7 Å². The van der Waals surface area contributed by atoms with Crippen molar-refractivity contribution >= 4 is 11.6 Å². The first kappa shape index (κ1) is 20.3. The Morgan fingerprint density at radius 1 is 1.14 bits per heavy atom. The molecule has 2 aromatic rings. The van der Waals surface area contributed by atoms with Gasteiger partial charge in [0.1, 0.15) is 5.82 Å². The number of rotatable bonds is 4. The van der Waals surface area contributed by atoms with Gasteiger partial charge in [0.05, 0.1) is 11.7 Å². The molecular weight excluding hydrogens is 376 g/mol. The van der Waals surface area contributed by atoms with Crippen molar-refractivity contribution in [3.8, 4) is 0 Å². The number of para-hydroxylation sites is 1. The van der Waals surface area contributed by atoms with Gasteiger partial charge in [-0.25, -0.2) is 4.39 Å². The summed E-state index contributed by atoms with van der Waals surface area (Å²) in [6.45, 7) is 1.98. The number of piperidine rings is 1. The molecule has 28 heavy (non-hydrogen) atoms. The summed E-state index contributed by atoms with van der Waals surface area (Å²) in [5.41, 5.74) is -0.452. The molecule has 1 amide bonds. The molecule has 0 aliphatic carbocycles. The van der Waals surface area contributed by atoms with Gasteiger partial charge in [0.2, 0.25) is 0 Å². The van der Waals surface area contributed by atoms with Crippen LogP contribution in [0, 0.1) is 5.82 Å². The van der Waals surface area contributed by atoms with Crippen molar-refractivity contribution in [1.29, 1.82) is 0 Å². The number of hydrogen-bond donors (Lipinski definition) is 2. The van der Waals surface area contributed by atoms with Crippen LogP contribution in [0.2, 0.25) is 0 Å². The lowest BCUT2D eigenvalue weighted by Crippen LogP contribution is -2.35. The molecule has 1 saturated heterocycles. The van der Waals surface area contributed by atoms with E-state index in [1.807, 2.05) is 12.1 Å². The van der Waals surface area contributed by atoms with Crippen molar-refractivity contribution in [3.05, 3.63) is 65.0 Å². The van der Waals surface area contributed by atoms with E-state index in [4.69, 9.17) is 0 Å². The third-order valence-electron chi connectivity index (χ3n) is 4.75. The van der Waals surface area contributed by atoms with Crippen LogP contribution in [0.3, 0.4) is 0 Å². The molecule has 4 nitrogen and oxygen atoms in total. The first-order chi connectivity index (χ1) is 13.2. The number of aliphatic hydroxyl groups is 1. The van der Waals surface area contributed by atoms with Crippen LogP contribution >= 0.6 is 0 Å². The lowest BCUT2D eigenvalue weighted by atomic mass is 10.1. The maximum atomic E-state index is 13.4. The maximum Gasteiger partial charge on any atom is 0.419 e. The molecule has 1 heterocycles. The number of halogens is 4. The van der Waals surface area contributed by atoms with Gasteiger partial charge in [-0.2, -0.15) is 13.2 Å². The topological polar surface area (TPSA) is 52.6 Å². The molecule has 1 aliphatic heterocycles. The first-order valence-corrected chi connectivity index (χ1v) is 8.90. The van der Waals surface area contributed by atoms with Crippen LogP contribution < -0.4 is 5.32 Å². The molecule has 2 N–H and O–H groups in total. The lowest BCUT2D eigenvalue weighted by Gasteiger charge is -2.30. The Bertz CT molecular complexity index is 846. The van der Waals surface area contributed by atoms with E-state index < -0.39 is 23.5 Å². The smallest absolute Gasteiger partial charge is 0.393 e. The van der Waals surface area contributed by atoms with Crippen molar-refractivity contribution in [2.24, 2.45) is 0 Å². The van der Waals surface area contributed by atoms with Gasteiger partial charge in [0.15, 0.2) is 0 Å². The second-order valence-electron chi connectivity index (χ2n) is 6.81. The number of carbonyl (C=O) groups excluding carboxylic acids is 1. The van der Waals surface area contributed by atoms with Gasteiger partial charge in [0.25, 0.3) is 5.91 Å². The van der Waals surface area contributed by atoms with Crippen LogP contribution in [-0.2, 0) is 12.7 Å². The van der Waals surface area contributed by atoms with Gasteiger partial charge in [0, 0.05) is 30.9 Å². The number of nitrogens with zero attached hydrogens (tertiary/aromatic N) is 1. The van der Waals surface area contributed by atoms with E-state index in [-0.39, 0.29) is 11.7 Å². The van der Waals surface area contributed by atoms with Gasteiger partial charge in [-0.3, -0.25) is 9.69 Å². The number of aliphatic hydroxyl groups excluding tert-OH is 1. The summed E-state index contributed by atoms with van der Waals surface area (Å²) in [6.07, 6.45) is -3.83. The third-order valence-corrected chi connectivity index (χ3v) is 4.75. The van der Waals surface area contributed by atoms with E-state index >= 15 is 0 Å². The molecule has 0 spiro atoms. The lowest BCUT2D eigenvalue weighted by molar-refractivity contribution is -0.140. The van der Waals surface area contributed by atoms with Crippen molar-refractivity contribution in [3.63, 3.8) is 0 Å². The van der Waals surface area contributed by atoms with Crippen LogP contribution in [0.15, 0.2) is 42.5 Å². The molecule has 0 radical (unpaired) electrons. The second-order valence-corrected chi connectivity index (χ2v) is 6.81. The SMILES string of the molecule is O=C(Nc1ccccc1CN1CCC(O)CC1)c1ccc(F)c(C(F)(F)F)c1. The number of carbonyl (C=O) groups is 1. The van der Waals surface area contributed by atoms with Gasteiger partial charge in [-0.15, -0.1) is 0 Å². The standard InChI is InChI=1S/C20H20F4N2O2/c21-17-6-5-13(11-16(17)20(22,23)24)19(28)25-18-4-2-1-3-14(18)12-26-9-7-15(27)8-10-26/h1-6,11,15,27H,7-10,12H2,(H,25,28). The van der Waals surface area contributed by atoms with E-state index in [9.17, 15) is 27.5 Å². The number of alkyl halides is 3. The molecule has 150 valence electrons. The highest BCUT2D eigenvalue weighted by Crippen LogP contribution is 2.32. The molecule has 3 rings (SSSR count). The van der Waals surface area contributed by atoms with Crippen molar-refractivity contribution < 1.29 is 27.5 Å². The monoisotopic (exact) mass is 396 g/mol. The summed E-state index contributed by atoms with van der Waals surface area (Å²) in [7, 11) is 0. The molecule has 8 heteroatoms. The van der Waals surface area contributed by atoms with E-state index in [0.29, 0.717) is 37.2 Å². The zero-order valence-electron chi connectivity index (χ0n) is 15.0. The predicted molar refractivity (Wildman–Crippen MR) is 96.3 cm³/mol. The van der Waals surface area contributed by atoms with Gasteiger partial charge < -0.3 is 10.4 Å². The Hall–Kier alpha value is -2.45. The Morgan fingerprint density at radius 2 is 1.82 bits per heavy atom. The third kappa shape index (κ3) is 4.88. The van der Waals surface area contributed by atoms with E-state index in [1.165, 1.54) is 0 Å². The summed E-state index contributed by atoms with van der Waals surface area (Å²) in [5.74, 6) is -2.16. The average molecular weight is 396 g/mol. The summed E-state index contributed by atoms with van der Waals surface area (Å²) in [5, 5.41) is 12.2. The number of hydrogen-bond acceptors (Lipinski definition) is 3. The zero-order chi connectivity index (χ0) is 20.3. The quantitative estimate of drug-likeness (QED) is 0.767. The molecule has 1 aliphatic rings. The highest BCUT2D eigenvalue weighted by atomic mass is 19.4. The molecule has 0 saturated carbocycles. The minimum atomic E-state index is -4.88. The van der Waals surface area contributed by atoms with Crippen LogP contribution in [0.4, 0.5) is 23.2 Å². The molecule has 0 unspecified atom stereocenters. The van der Waals surface area contributed by atoms with Crippen LogP contribution in [0.5, 0.6) is 0 Å². The average Bonchev–Trinajstić information content (AvgIpc) is 2.64. The van der Waals surface area contributed by atoms with Crippen LogP contribution in [0.1, 0.15) is 34.3 Å². The highest BCUT2D eigenvalue weighted by Gasteiger charge is 2.34. The van der Waals surface area contributed by atoms with Crippen LogP contribution in [-0.4, -0.2) is 35.1 Å². The molecule has 2 aromatic carbocycles. The molecule has 0 aromatic heterocycles. The fraction of sp³-hybridized carbons (Fsp3) is 0.350. The molecule has 0 bridgehead atoms. The van der Waals surface area contributed by atoms with Crippen molar-refractivity contribution in [2.45, 2.75) is 31.7 Å². The second kappa shape index (κ2) is 8.28. The molecule has 0 atom stereocenters.